The first-order valence-electron chi connectivity index (χ1n) is 8.76. The minimum atomic E-state index is -0.324. The highest BCUT2D eigenvalue weighted by Crippen LogP contribution is 2.17. The normalized spacial score (nSPS) is 10.7. The lowest BCUT2D eigenvalue weighted by Gasteiger charge is -2.12. The van der Waals surface area contributed by atoms with Gasteiger partial charge in [-0.25, -0.2) is 9.78 Å². The number of nitrogens with one attached hydrogen (secondary N) is 2. The van der Waals surface area contributed by atoms with Gasteiger partial charge >= 0.3 is 5.97 Å². The molecule has 0 aliphatic rings. The summed E-state index contributed by atoms with van der Waals surface area (Å²) < 4.78 is 4.98. The lowest BCUT2D eigenvalue weighted by Crippen LogP contribution is -2.16. The Kier molecular flexibility index (Phi) is 7.35. The molecule has 0 fully saturated rings. The van der Waals surface area contributed by atoms with E-state index in [1.165, 1.54) is 0 Å². The van der Waals surface area contributed by atoms with Gasteiger partial charge < -0.3 is 20.3 Å². The Balaban J connectivity index is 1.99. The molecule has 7 nitrogen and oxygen atoms in total. The molecule has 26 heavy (non-hydrogen) atoms. The molecular weight excluding hydrogens is 330 g/mol. The number of carbonyl (C=O) groups excluding carboxylic acids is 1. The molecule has 0 aliphatic carbocycles. The topological polar surface area (TPSA) is 79.4 Å². The minimum absolute atomic E-state index is 0.324. The van der Waals surface area contributed by atoms with Gasteiger partial charge in [0.15, 0.2) is 0 Å². The van der Waals surface area contributed by atoms with E-state index in [4.69, 9.17) is 4.74 Å². The molecule has 0 unspecified atom stereocenters. The van der Waals surface area contributed by atoms with E-state index in [0.29, 0.717) is 18.1 Å². The van der Waals surface area contributed by atoms with E-state index in [0.717, 1.165) is 36.7 Å². The molecule has 0 radical (unpaired) electrons. The van der Waals surface area contributed by atoms with Gasteiger partial charge in [0.1, 0.15) is 5.82 Å². The lowest BCUT2D eigenvalue weighted by molar-refractivity contribution is 0.0526. The van der Waals surface area contributed by atoms with E-state index in [2.05, 4.69) is 39.6 Å². The number of carbonyl (C=O) groups is 1. The quantitative estimate of drug-likeness (QED) is 0.527. The molecule has 2 N–H and O–H groups in total. The van der Waals surface area contributed by atoms with Crippen molar-refractivity contribution >= 4 is 23.4 Å². The predicted octanol–water partition coefficient (Wildman–Crippen LogP) is 3.07. The van der Waals surface area contributed by atoms with Crippen LogP contribution in [0, 0.1) is 6.92 Å². The highest BCUT2D eigenvalue weighted by atomic mass is 16.5. The number of esters is 1. The van der Waals surface area contributed by atoms with Crippen LogP contribution in [0.5, 0.6) is 0 Å². The van der Waals surface area contributed by atoms with Gasteiger partial charge in [0, 0.05) is 24.0 Å². The highest BCUT2D eigenvalue weighted by molar-refractivity contribution is 5.89. The van der Waals surface area contributed by atoms with Gasteiger partial charge in [-0.15, -0.1) is 0 Å². The van der Waals surface area contributed by atoms with Crippen LogP contribution in [0.25, 0.3) is 0 Å². The first-order chi connectivity index (χ1) is 12.5. The van der Waals surface area contributed by atoms with Gasteiger partial charge in [-0.2, -0.15) is 4.98 Å². The van der Waals surface area contributed by atoms with Crippen LogP contribution < -0.4 is 10.6 Å². The van der Waals surface area contributed by atoms with E-state index >= 15 is 0 Å². The van der Waals surface area contributed by atoms with Crippen LogP contribution in [0.3, 0.4) is 0 Å². The van der Waals surface area contributed by atoms with Crippen molar-refractivity contribution in [2.75, 3.05) is 44.4 Å². The smallest absolute Gasteiger partial charge is 0.338 e. The second-order valence-electron chi connectivity index (χ2n) is 6.22. The Morgan fingerprint density at radius 2 is 1.92 bits per heavy atom. The maximum atomic E-state index is 11.7. The van der Waals surface area contributed by atoms with Gasteiger partial charge in [-0.05, 0) is 65.2 Å². The molecular formula is C19H27N5O2. The maximum absolute atomic E-state index is 11.7. The van der Waals surface area contributed by atoms with Gasteiger partial charge in [-0.3, -0.25) is 0 Å². The number of ether oxygens (including phenoxy) is 1. The van der Waals surface area contributed by atoms with E-state index in [1.54, 1.807) is 19.1 Å². The summed E-state index contributed by atoms with van der Waals surface area (Å²) in [5, 5.41) is 6.50. The summed E-state index contributed by atoms with van der Waals surface area (Å²) in [6.45, 7) is 5.95. The van der Waals surface area contributed by atoms with Crippen molar-refractivity contribution in [3.05, 3.63) is 41.6 Å². The average Bonchev–Trinajstić information content (AvgIpc) is 2.59. The molecule has 1 heterocycles. The summed E-state index contributed by atoms with van der Waals surface area (Å²) in [7, 11) is 4.12. The molecule has 0 saturated heterocycles. The standard InChI is InChI=1S/C19H27N5O2/c1-5-26-18(25)15-7-9-16(10-8-15)22-19-21-14(2)13-17(23-19)20-11-6-12-24(3)4/h7-10,13H,5-6,11-12H2,1-4H3,(H2,20,21,22,23). The fraction of sp³-hybridized carbons (Fsp3) is 0.421. The third kappa shape index (κ3) is 6.33. The molecule has 0 amide bonds. The Hall–Kier alpha value is -2.67. The van der Waals surface area contributed by atoms with E-state index < -0.39 is 0 Å². The number of anilines is 3. The summed E-state index contributed by atoms with van der Waals surface area (Å²) in [6, 6.07) is 8.97. The second-order valence-corrected chi connectivity index (χ2v) is 6.22. The minimum Gasteiger partial charge on any atom is -0.462 e. The number of hydrogen-bond acceptors (Lipinski definition) is 7. The number of aryl methyl sites for hydroxylation is 1. The number of rotatable bonds is 9. The molecule has 140 valence electrons. The molecule has 2 rings (SSSR count). The summed E-state index contributed by atoms with van der Waals surface area (Å²) >= 11 is 0. The zero-order valence-electron chi connectivity index (χ0n) is 15.9. The summed E-state index contributed by atoms with van der Waals surface area (Å²) in [5.41, 5.74) is 2.20. The van der Waals surface area contributed by atoms with Crippen LogP contribution in [0.1, 0.15) is 29.4 Å². The molecule has 1 aromatic carbocycles. The number of benzene rings is 1. The predicted molar refractivity (Wildman–Crippen MR) is 104 cm³/mol. The number of aromatic nitrogens is 2. The largest absolute Gasteiger partial charge is 0.462 e. The van der Waals surface area contributed by atoms with Crippen LogP contribution in [-0.4, -0.2) is 54.6 Å². The van der Waals surface area contributed by atoms with Crippen molar-refractivity contribution in [3.63, 3.8) is 0 Å². The molecule has 0 saturated carbocycles. The number of hydrogen-bond donors (Lipinski definition) is 2. The van der Waals surface area contributed by atoms with Gasteiger partial charge in [-0.1, -0.05) is 0 Å². The van der Waals surface area contributed by atoms with Gasteiger partial charge in [0.25, 0.3) is 0 Å². The fourth-order valence-corrected chi connectivity index (χ4v) is 2.36. The Morgan fingerprint density at radius 3 is 2.58 bits per heavy atom. The van der Waals surface area contributed by atoms with Crippen LogP contribution >= 0.6 is 0 Å². The summed E-state index contributed by atoms with van der Waals surface area (Å²) in [4.78, 5) is 22.7. The third-order valence-corrected chi connectivity index (χ3v) is 3.59. The van der Waals surface area contributed by atoms with Crippen LogP contribution in [0.15, 0.2) is 30.3 Å². The van der Waals surface area contributed by atoms with Crippen molar-refractivity contribution in [2.24, 2.45) is 0 Å². The van der Waals surface area contributed by atoms with Crippen LogP contribution in [0.4, 0.5) is 17.5 Å². The monoisotopic (exact) mass is 357 g/mol. The van der Waals surface area contributed by atoms with Crippen LogP contribution in [0.2, 0.25) is 0 Å². The Labute approximate surface area is 154 Å². The van der Waals surface area contributed by atoms with Crippen molar-refractivity contribution < 1.29 is 9.53 Å². The van der Waals surface area contributed by atoms with Crippen molar-refractivity contribution in [1.82, 2.24) is 14.9 Å². The molecule has 0 atom stereocenters. The van der Waals surface area contributed by atoms with E-state index in [1.807, 2.05) is 25.1 Å². The van der Waals surface area contributed by atoms with Crippen molar-refractivity contribution in [1.29, 1.82) is 0 Å². The first-order valence-corrected chi connectivity index (χ1v) is 8.76. The average molecular weight is 357 g/mol. The SMILES string of the molecule is CCOC(=O)c1ccc(Nc2nc(C)cc(NCCCN(C)C)n2)cc1. The maximum Gasteiger partial charge on any atom is 0.338 e. The molecule has 0 aliphatic heterocycles. The summed E-state index contributed by atoms with van der Waals surface area (Å²) in [6.07, 6.45) is 1.04. The van der Waals surface area contributed by atoms with Crippen molar-refractivity contribution in [2.45, 2.75) is 20.3 Å². The van der Waals surface area contributed by atoms with Gasteiger partial charge in [0.2, 0.25) is 5.95 Å². The van der Waals surface area contributed by atoms with E-state index in [9.17, 15) is 4.79 Å². The number of nitrogens with zero attached hydrogens (tertiary/aromatic N) is 3. The van der Waals surface area contributed by atoms with Gasteiger partial charge in [0.05, 0.1) is 12.2 Å². The van der Waals surface area contributed by atoms with Crippen LogP contribution in [-0.2, 0) is 4.74 Å². The zero-order chi connectivity index (χ0) is 18.9. The Morgan fingerprint density at radius 1 is 1.19 bits per heavy atom. The zero-order valence-corrected chi connectivity index (χ0v) is 15.9. The molecule has 7 heteroatoms. The fourth-order valence-electron chi connectivity index (χ4n) is 2.36. The Bertz CT molecular complexity index is 716. The lowest BCUT2D eigenvalue weighted by atomic mass is 10.2. The summed E-state index contributed by atoms with van der Waals surface area (Å²) in [5.74, 6) is 0.987. The molecule has 2 aromatic rings. The van der Waals surface area contributed by atoms with E-state index in [-0.39, 0.29) is 5.97 Å². The second kappa shape index (κ2) is 9.72. The molecule has 0 bridgehead atoms. The van der Waals surface area contributed by atoms with Crippen molar-refractivity contribution in [3.8, 4) is 0 Å². The molecule has 0 spiro atoms. The first kappa shape index (κ1) is 19.7. The molecule has 1 aromatic heterocycles. The highest BCUT2D eigenvalue weighted by Gasteiger charge is 2.07. The third-order valence-electron chi connectivity index (χ3n) is 3.59.